The van der Waals surface area contributed by atoms with Crippen LogP contribution in [0.1, 0.15) is 31.8 Å². The lowest BCUT2D eigenvalue weighted by Crippen LogP contribution is -2.26. The summed E-state index contributed by atoms with van der Waals surface area (Å²) in [6.45, 7) is 1.09. The Hall–Kier alpha value is -2.52. The smallest absolute Gasteiger partial charge is 0.384 e. The molecule has 11 heteroatoms. The van der Waals surface area contributed by atoms with Crippen LogP contribution >= 0.6 is 23.2 Å². The summed E-state index contributed by atoms with van der Waals surface area (Å²) >= 11 is 11.8. The molecular weight excluding hydrogens is 398 g/mol. The van der Waals surface area contributed by atoms with Crippen molar-refractivity contribution in [2.45, 2.75) is 13.1 Å². The molecule has 2 aromatic rings. The fourth-order valence-electron chi connectivity index (χ4n) is 2.77. The minimum atomic E-state index is -4.77. The molecule has 26 heavy (non-hydrogen) atoms. The second-order valence-corrected chi connectivity index (χ2v) is 6.25. The van der Waals surface area contributed by atoms with Gasteiger partial charge in [-0.25, -0.2) is 0 Å². The summed E-state index contributed by atoms with van der Waals surface area (Å²) in [5.41, 5.74) is 2.37. The Morgan fingerprint density at radius 1 is 1.12 bits per heavy atom. The number of amides is 2. The Kier molecular flexibility index (Phi) is 4.04. The molecule has 2 heterocycles. The lowest BCUT2D eigenvalue weighted by molar-refractivity contribution is -0.138. The first kappa shape index (κ1) is 18.3. The van der Waals surface area contributed by atoms with Gasteiger partial charge in [0.25, 0.3) is 17.4 Å². The maximum atomic E-state index is 13.3. The van der Waals surface area contributed by atoms with Crippen LogP contribution < -0.4 is 16.6 Å². The largest absolute Gasteiger partial charge is 0.416 e. The predicted octanol–water partition coefficient (Wildman–Crippen LogP) is 2.94. The number of nitrogens with one attached hydrogen (secondary N) is 1. The highest BCUT2D eigenvalue weighted by Gasteiger charge is 2.37. The first-order valence-corrected chi connectivity index (χ1v) is 7.68. The highest BCUT2D eigenvalue weighted by Crippen LogP contribution is 2.41. The number of hydrogen-bond donors (Lipinski definition) is 2. The van der Waals surface area contributed by atoms with E-state index in [9.17, 15) is 27.6 Å². The van der Waals surface area contributed by atoms with Crippen LogP contribution in [0.15, 0.2) is 16.9 Å². The number of halogens is 5. The van der Waals surface area contributed by atoms with Gasteiger partial charge in [0.15, 0.2) is 0 Å². The van der Waals surface area contributed by atoms with Crippen LogP contribution in [0.3, 0.4) is 0 Å². The number of rotatable bonds is 1. The van der Waals surface area contributed by atoms with Crippen molar-refractivity contribution in [3.05, 3.63) is 54.8 Å². The van der Waals surface area contributed by atoms with Crippen molar-refractivity contribution in [1.82, 2.24) is 9.88 Å². The SMILES string of the molecule is Cc1c(C(F)(F)F)cc(Cl)c(Cl)c1-n1c(N)c2c(cc1=O)C(=O)NC2=O. The topological polar surface area (TPSA) is 94.2 Å². The van der Waals surface area contributed by atoms with Crippen LogP contribution in [0.4, 0.5) is 19.0 Å². The summed E-state index contributed by atoms with van der Waals surface area (Å²) < 4.78 is 40.4. The minimum absolute atomic E-state index is 0.263. The molecule has 0 bridgehead atoms. The van der Waals surface area contributed by atoms with E-state index in [0.717, 1.165) is 13.0 Å². The minimum Gasteiger partial charge on any atom is -0.384 e. The zero-order valence-corrected chi connectivity index (χ0v) is 14.3. The second-order valence-electron chi connectivity index (χ2n) is 5.47. The molecule has 0 radical (unpaired) electrons. The molecule has 0 atom stereocenters. The van der Waals surface area contributed by atoms with Gasteiger partial charge in [0.05, 0.1) is 32.4 Å². The van der Waals surface area contributed by atoms with Gasteiger partial charge in [0, 0.05) is 6.07 Å². The zero-order chi connectivity index (χ0) is 19.5. The van der Waals surface area contributed by atoms with Gasteiger partial charge >= 0.3 is 6.18 Å². The number of anilines is 1. The highest BCUT2D eigenvalue weighted by atomic mass is 35.5. The Balaban J connectivity index is 2.45. The van der Waals surface area contributed by atoms with Gasteiger partial charge in [-0.1, -0.05) is 23.2 Å². The number of imide groups is 1. The van der Waals surface area contributed by atoms with Crippen molar-refractivity contribution < 1.29 is 22.8 Å². The molecule has 3 N–H and O–H groups in total. The molecule has 0 unspecified atom stereocenters. The second kappa shape index (κ2) is 5.75. The third kappa shape index (κ3) is 2.55. The van der Waals surface area contributed by atoms with Crippen molar-refractivity contribution in [2.24, 2.45) is 0 Å². The standard InChI is InChI=1S/C15H8Cl2F3N3O3/c1-4-6(15(18,19)20)3-7(16)10(17)11(4)23-8(24)2-5-9(12(23)21)14(26)22-13(5)25/h2-3H,21H2,1H3,(H,22,25,26). The molecule has 0 saturated carbocycles. The molecule has 0 saturated heterocycles. The Labute approximate surface area is 153 Å². The van der Waals surface area contributed by atoms with Gasteiger partial charge in [-0.2, -0.15) is 13.2 Å². The van der Waals surface area contributed by atoms with E-state index in [2.05, 4.69) is 0 Å². The monoisotopic (exact) mass is 405 g/mol. The fraction of sp³-hybridized carbons (Fsp3) is 0.133. The Morgan fingerprint density at radius 3 is 2.31 bits per heavy atom. The maximum absolute atomic E-state index is 13.3. The number of nitrogens with zero attached hydrogens (tertiary/aromatic N) is 1. The molecule has 6 nitrogen and oxygen atoms in total. The van der Waals surface area contributed by atoms with Crippen molar-refractivity contribution in [3.8, 4) is 5.69 Å². The first-order valence-electron chi connectivity index (χ1n) is 6.92. The normalized spacial score (nSPS) is 13.8. The van der Waals surface area contributed by atoms with Crippen molar-refractivity contribution >= 4 is 40.8 Å². The molecule has 2 amide bonds. The molecule has 1 aliphatic rings. The van der Waals surface area contributed by atoms with E-state index in [1.54, 1.807) is 0 Å². The van der Waals surface area contributed by atoms with Crippen LogP contribution in [0.5, 0.6) is 0 Å². The number of benzene rings is 1. The number of pyridine rings is 1. The number of nitrogens with two attached hydrogens (primary N) is 1. The molecule has 0 fully saturated rings. The summed E-state index contributed by atoms with van der Waals surface area (Å²) in [5.74, 6) is -2.22. The van der Waals surface area contributed by atoms with Crippen LogP contribution in [-0.4, -0.2) is 16.4 Å². The number of alkyl halides is 3. The van der Waals surface area contributed by atoms with Crippen molar-refractivity contribution in [3.63, 3.8) is 0 Å². The van der Waals surface area contributed by atoms with E-state index in [1.165, 1.54) is 0 Å². The van der Waals surface area contributed by atoms with Gasteiger partial charge in [0.1, 0.15) is 5.82 Å². The molecule has 1 aromatic carbocycles. The summed E-state index contributed by atoms with van der Waals surface area (Å²) in [5, 5.41) is 1.15. The number of carbonyl (C=O) groups is 2. The van der Waals surface area contributed by atoms with Crippen LogP contribution in [0, 0.1) is 6.92 Å². The number of fused-ring (bicyclic) bond motifs is 1. The van der Waals surface area contributed by atoms with E-state index in [-0.39, 0.29) is 16.1 Å². The van der Waals surface area contributed by atoms with E-state index in [0.29, 0.717) is 10.6 Å². The molecule has 3 rings (SSSR count). The Morgan fingerprint density at radius 2 is 1.73 bits per heavy atom. The molecular formula is C15H8Cl2F3N3O3. The highest BCUT2D eigenvalue weighted by molar-refractivity contribution is 6.43. The predicted molar refractivity (Wildman–Crippen MR) is 88.0 cm³/mol. The molecule has 1 aliphatic heterocycles. The number of hydrogen-bond acceptors (Lipinski definition) is 4. The van der Waals surface area contributed by atoms with E-state index >= 15 is 0 Å². The molecule has 0 spiro atoms. The van der Waals surface area contributed by atoms with Gasteiger partial charge < -0.3 is 5.73 Å². The van der Waals surface area contributed by atoms with E-state index in [1.807, 2.05) is 5.32 Å². The lowest BCUT2D eigenvalue weighted by Gasteiger charge is -2.20. The zero-order valence-electron chi connectivity index (χ0n) is 12.8. The van der Waals surface area contributed by atoms with Gasteiger partial charge in [0.2, 0.25) is 0 Å². The first-order chi connectivity index (χ1) is 11.9. The molecule has 0 aliphatic carbocycles. The quantitative estimate of drug-likeness (QED) is 0.713. The van der Waals surface area contributed by atoms with Gasteiger partial charge in [-0.15, -0.1) is 0 Å². The van der Waals surface area contributed by atoms with Gasteiger partial charge in [-0.3, -0.25) is 24.3 Å². The van der Waals surface area contributed by atoms with E-state index < -0.39 is 51.2 Å². The molecule has 1 aromatic heterocycles. The van der Waals surface area contributed by atoms with Crippen molar-refractivity contribution in [2.75, 3.05) is 5.73 Å². The number of nitrogen functional groups attached to an aromatic ring is 1. The van der Waals surface area contributed by atoms with Crippen LogP contribution in [0.2, 0.25) is 10.0 Å². The third-order valence-corrected chi connectivity index (χ3v) is 4.71. The fourth-order valence-corrected chi connectivity index (χ4v) is 3.25. The average molecular weight is 406 g/mol. The number of carbonyl (C=O) groups excluding carboxylic acids is 2. The lowest BCUT2D eigenvalue weighted by atomic mass is 10.0. The van der Waals surface area contributed by atoms with Crippen LogP contribution in [0.25, 0.3) is 5.69 Å². The summed E-state index contributed by atoms with van der Waals surface area (Å²) in [7, 11) is 0. The molecule has 136 valence electrons. The van der Waals surface area contributed by atoms with E-state index in [4.69, 9.17) is 28.9 Å². The summed E-state index contributed by atoms with van der Waals surface area (Å²) in [4.78, 5) is 36.0. The summed E-state index contributed by atoms with van der Waals surface area (Å²) in [6.07, 6.45) is -4.77. The number of aromatic nitrogens is 1. The van der Waals surface area contributed by atoms with Gasteiger partial charge in [-0.05, 0) is 18.6 Å². The van der Waals surface area contributed by atoms with Crippen molar-refractivity contribution in [1.29, 1.82) is 0 Å². The maximum Gasteiger partial charge on any atom is 0.416 e. The van der Waals surface area contributed by atoms with Crippen LogP contribution in [-0.2, 0) is 6.18 Å². The average Bonchev–Trinajstić information content (AvgIpc) is 2.79. The third-order valence-electron chi connectivity index (χ3n) is 3.93. The summed E-state index contributed by atoms with van der Waals surface area (Å²) in [6, 6.07) is 1.43. The Bertz CT molecular complexity index is 1060.